The van der Waals surface area contributed by atoms with E-state index in [2.05, 4.69) is 4.98 Å². The Balaban J connectivity index is 2.38. The highest BCUT2D eigenvalue weighted by Gasteiger charge is 2.37. The van der Waals surface area contributed by atoms with E-state index in [1.54, 1.807) is 0 Å². The van der Waals surface area contributed by atoms with Crippen molar-refractivity contribution in [3.63, 3.8) is 0 Å². The zero-order chi connectivity index (χ0) is 20.5. The molecule has 0 aliphatic heterocycles. The van der Waals surface area contributed by atoms with Crippen molar-refractivity contribution in [1.82, 2.24) is 4.98 Å². The number of aromatic nitrogens is 1. The maximum atomic E-state index is 14.4. The molecular formula is C20H17F4NO3. The van der Waals surface area contributed by atoms with Gasteiger partial charge in [-0.25, -0.2) is 4.39 Å². The summed E-state index contributed by atoms with van der Waals surface area (Å²) in [5, 5.41) is -0.479. The van der Waals surface area contributed by atoms with Crippen molar-refractivity contribution in [2.24, 2.45) is 0 Å². The summed E-state index contributed by atoms with van der Waals surface area (Å²) in [4.78, 5) is 15.2. The molecule has 0 saturated heterocycles. The van der Waals surface area contributed by atoms with Crippen LogP contribution < -0.4 is 14.9 Å². The Morgan fingerprint density at radius 2 is 1.75 bits per heavy atom. The summed E-state index contributed by atoms with van der Waals surface area (Å²) in [5.74, 6) is -0.526. The lowest BCUT2D eigenvalue weighted by molar-refractivity contribution is -0.140. The molecule has 8 heteroatoms. The van der Waals surface area contributed by atoms with Crippen molar-refractivity contribution in [2.75, 3.05) is 13.7 Å². The van der Waals surface area contributed by atoms with E-state index in [4.69, 9.17) is 9.47 Å². The maximum Gasteiger partial charge on any atom is 0.432 e. The van der Waals surface area contributed by atoms with Gasteiger partial charge in [-0.15, -0.1) is 0 Å². The van der Waals surface area contributed by atoms with Gasteiger partial charge in [0.25, 0.3) is 0 Å². The molecule has 0 amide bonds. The van der Waals surface area contributed by atoms with E-state index in [1.807, 2.05) is 6.92 Å². The minimum Gasteiger partial charge on any atom is -0.497 e. The normalized spacial score (nSPS) is 11.6. The second-order valence-electron chi connectivity index (χ2n) is 6.07. The van der Waals surface area contributed by atoms with Gasteiger partial charge in [-0.1, -0.05) is 19.1 Å². The molecule has 0 spiro atoms. The third-order valence-electron chi connectivity index (χ3n) is 4.19. The van der Waals surface area contributed by atoms with Crippen LogP contribution in [0.3, 0.4) is 0 Å². The second kappa shape index (κ2) is 7.53. The zero-order valence-electron chi connectivity index (χ0n) is 15.1. The van der Waals surface area contributed by atoms with Gasteiger partial charge in [-0.2, -0.15) is 13.2 Å². The fraction of sp³-hybridized carbons (Fsp3) is 0.250. The van der Waals surface area contributed by atoms with Crippen molar-refractivity contribution in [3.05, 3.63) is 58.1 Å². The minimum absolute atomic E-state index is 0.00412. The maximum absolute atomic E-state index is 14.4. The van der Waals surface area contributed by atoms with Crippen molar-refractivity contribution in [1.29, 1.82) is 0 Å². The molecule has 0 unspecified atom stereocenters. The first kappa shape index (κ1) is 19.7. The highest BCUT2D eigenvalue weighted by Crippen LogP contribution is 2.37. The van der Waals surface area contributed by atoms with Crippen molar-refractivity contribution in [3.8, 4) is 22.6 Å². The molecule has 0 radical (unpaired) electrons. The standard InChI is InChI=1S/C20H17F4NO3/c1-3-10-28-14-9-8-13(21)16-17(14)25-19(20(22,23)24)15(18(16)26)11-4-6-12(27-2)7-5-11/h4-9H,3,10H2,1-2H3,(H,25,26). The number of H-pyrrole nitrogens is 1. The minimum atomic E-state index is -4.86. The molecule has 2 aromatic carbocycles. The lowest BCUT2D eigenvalue weighted by atomic mass is 9.99. The number of benzene rings is 2. The van der Waals surface area contributed by atoms with Crippen LogP contribution in [0.15, 0.2) is 41.2 Å². The number of methoxy groups -OCH3 is 1. The van der Waals surface area contributed by atoms with E-state index in [0.29, 0.717) is 12.2 Å². The second-order valence-corrected chi connectivity index (χ2v) is 6.07. The number of hydrogen-bond donors (Lipinski definition) is 1. The molecule has 28 heavy (non-hydrogen) atoms. The smallest absolute Gasteiger partial charge is 0.432 e. The van der Waals surface area contributed by atoms with Gasteiger partial charge in [0.1, 0.15) is 23.0 Å². The summed E-state index contributed by atoms with van der Waals surface area (Å²) in [7, 11) is 1.41. The van der Waals surface area contributed by atoms with Crippen LogP contribution >= 0.6 is 0 Å². The van der Waals surface area contributed by atoms with Crippen LogP contribution in [0.1, 0.15) is 19.0 Å². The number of nitrogens with one attached hydrogen (secondary N) is 1. The first-order valence-corrected chi connectivity index (χ1v) is 8.50. The molecule has 148 valence electrons. The highest BCUT2D eigenvalue weighted by molar-refractivity contribution is 5.89. The topological polar surface area (TPSA) is 51.3 Å². The largest absolute Gasteiger partial charge is 0.497 e. The molecule has 1 aromatic heterocycles. The lowest BCUT2D eigenvalue weighted by Gasteiger charge is -2.16. The summed E-state index contributed by atoms with van der Waals surface area (Å²) < 4.78 is 66.0. The predicted molar refractivity (Wildman–Crippen MR) is 97.3 cm³/mol. The Hall–Kier alpha value is -3.03. The molecular weight excluding hydrogens is 378 g/mol. The van der Waals surface area contributed by atoms with E-state index < -0.39 is 34.1 Å². The van der Waals surface area contributed by atoms with Gasteiger partial charge in [0.05, 0.1) is 30.2 Å². The monoisotopic (exact) mass is 395 g/mol. The molecule has 4 nitrogen and oxygen atoms in total. The number of rotatable bonds is 5. The average molecular weight is 395 g/mol. The lowest BCUT2D eigenvalue weighted by Crippen LogP contribution is -2.19. The molecule has 0 bridgehead atoms. The number of aromatic amines is 1. The van der Waals surface area contributed by atoms with Gasteiger partial charge in [-0.05, 0) is 36.2 Å². The zero-order valence-corrected chi connectivity index (χ0v) is 15.1. The number of hydrogen-bond acceptors (Lipinski definition) is 3. The van der Waals surface area contributed by atoms with Crippen LogP contribution in [0.4, 0.5) is 17.6 Å². The number of alkyl halides is 3. The summed E-state index contributed by atoms with van der Waals surface area (Å²) in [5.41, 5.74) is -3.31. The Bertz CT molecular complexity index is 1060. The Morgan fingerprint density at radius 3 is 2.32 bits per heavy atom. The number of fused-ring (bicyclic) bond motifs is 1. The van der Waals surface area contributed by atoms with Crippen LogP contribution in [0.2, 0.25) is 0 Å². The Morgan fingerprint density at radius 1 is 1.07 bits per heavy atom. The summed E-state index contributed by atoms with van der Waals surface area (Å²) in [6, 6.07) is 7.70. The number of halogens is 4. The van der Waals surface area contributed by atoms with Crippen LogP contribution in [0.5, 0.6) is 11.5 Å². The summed E-state index contributed by atoms with van der Waals surface area (Å²) >= 11 is 0. The van der Waals surface area contributed by atoms with Gasteiger partial charge >= 0.3 is 6.18 Å². The number of ether oxygens (including phenoxy) is 2. The molecule has 0 fully saturated rings. The van der Waals surface area contributed by atoms with Crippen LogP contribution in [0, 0.1) is 5.82 Å². The molecule has 0 saturated carbocycles. The van der Waals surface area contributed by atoms with E-state index in [1.165, 1.54) is 37.4 Å². The molecule has 0 atom stereocenters. The van der Waals surface area contributed by atoms with E-state index in [9.17, 15) is 22.4 Å². The predicted octanol–water partition coefficient (Wildman–Crippen LogP) is 5.15. The molecule has 0 aliphatic rings. The average Bonchev–Trinajstić information content (AvgIpc) is 2.66. The number of pyridine rings is 1. The highest BCUT2D eigenvalue weighted by atomic mass is 19.4. The molecule has 3 aromatic rings. The molecule has 3 rings (SSSR count). The molecule has 1 heterocycles. The SMILES string of the molecule is CCCOc1ccc(F)c2c(=O)c(-c3ccc(OC)cc3)c(C(F)(F)F)[nH]c12. The third-order valence-corrected chi connectivity index (χ3v) is 4.19. The first-order chi connectivity index (χ1) is 13.3. The van der Waals surface area contributed by atoms with Crippen molar-refractivity contribution in [2.45, 2.75) is 19.5 Å². The van der Waals surface area contributed by atoms with Crippen LogP contribution in [-0.4, -0.2) is 18.7 Å². The molecule has 1 N–H and O–H groups in total. The third kappa shape index (κ3) is 3.54. The fourth-order valence-electron chi connectivity index (χ4n) is 2.91. The van der Waals surface area contributed by atoms with Gasteiger partial charge in [0, 0.05) is 0 Å². The van der Waals surface area contributed by atoms with Crippen LogP contribution in [-0.2, 0) is 6.18 Å². The fourth-order valence-corrected chi connectivity index (χ4v) is 2.91. The first-order valence-electron chi connectivity index (χ1n) is 8.50. The summed E-state index contributed by atoms with van der Waals surface area (Å²) in [6.45, 7) is 2.03. The molecule has 0 aliphatic carbocycles. The quantitative estimate of drug-likeness (QED) is 0.608. The summed E-state index contributed by atoms with van der Waals surface area (Å²) in [6.07, 6.45) is -4.27. The van der Waals surface area contributed by atoms with E-state index in [-0.39, 0.29) is 23.4 Å². The van der Waals surface area contributed by atoms with Crippen molar-refractivity contribution < 1.29 is 27.0 Å². The van der Waals surface area contributed by atoms with Gasteiger partial charge in [-0.3, -0.25) is 4.79 Å². The van der Waals surface area contributed by atoms with Crippen molar-refractivity contribution >= 4 is 10.9 Å². The van der Waals surface area contributed by atoms with E-state index >= 15 is 0 Å². The van der Waals surface area contributed by atoms with Crippen LogP contribution in [0.25, 0.3) is 22.0 Å². The van der Waals surface area contributed by atoms with Gasteiger partial charge < -0.3 is 14.5 Å². The van der Waals surface area contributed by atoms with Gasteiger partial charge in [0.2, 0.25) is 5.43 Å². The van der Waals surface area contributed by atoms with Gasteiger partial charge in [0.15, 0.2) is 0 Å². The van der Waals surface area contributed by atoms with E-state index in [0.717, 1.165) is 6.07 Å². The Labute approximate surface area is 157 Å². The Kier molecular flexibility index (Phi) is 5.31.